The highest BCUT2D eigenvalue weighted by atomic mass is 32.2. The van der Waals surface area contributed by atoms with E-state index in [1.54, 1.807) is 19.5 Å². The van der Waals surface area contributed by atoms with Crippen molar-refractivity contribution in [3.63, 3.8) is 0 Å². The first-order valence-corrected chi connectivity index (χ1v) is 9.48. The summed E-state index contributed by atoms with van der Waals surface area (Å²) in [5, 5.41) is 17.6. The number of methoxy groups -OCH3 is 1. The van der Waals surface area contributed by atoms with E-state index in [2.05, 4.69) is 25.4 Å². The monoisotopic (exact) mass is 394 g/mol. The molecule has 8 nitrogen and oxygen atoms in total. The lowest BCUT2D eigenvalue weighted by Gasteiger charge is -2.07. The molecule has 3 aromatic heterocycles. The van der Waals surface area contributed by atoms with Gasteiger partial charge >= 0.3 is 0 Å². The van der Waals surface area contributed by atoms with E-state index in [4.69, 9.17) is 9.15 Å². The highest BCUT2D eigenvalue weighted by molar-refractivity contribution is 7.99. The summed E-state index contributed by atoms with van der Waals surface area (Å²) in [6.07, 6.45) is 3.47. The molecule has 0 aliphatic carbocycles. The van der Waals surface area contributed by atoms with Crippen LogP contribution in [-0.2, 0) is 7.05 Å². The molecule has 0 bridgehead atoms. The fraction of sp³-hybridized carbons (Fsp3) is 0.211. The summed E-state index contributed by atoms with van der Waals surface area (Å²) in [7, 11) is 3.56. The summed E-state index contributed by atoms with van der Waals surface area (Å²) in [6, 6.07) is 11.3. The standard InChI is InChI=1S/C19H18N6O2S/c1-12(17-22-23-18(27-17)14-4-6-15(26-3)7-5-14)28-19-24-21-16(25(19)2)13-8-10-20-11-9-13/h4-12H,1-3H3/t12-/m1/s1. The molecule has 1 atom stereocenters. The van der Waals surface area contributed by atoms with Gasteiger partial charge in [-0.2, -0.15) is 0 Å². The number of aromatic nitrogens is 6. The maximum atomic E-state index is 5.86. The first kappa shape index (κ1) is 18.2. The maximum Gasteiger partial charge on any atom is 0.247 e. The minimum absolute atomic E-state index is 0.0762. The minimum atomic E-state index is -0.0762. The van der Waals surface area contributed by atoms with Crippen LogP contribution in [0.5, 0.6) is 5.75 Å². The average Bonchev–Trinajstić information content (AvgIpc) is 3.37. The number of hydrogen-bond donors (Lipinski definition) is 0. The van der Waals surface area contributed by atoms with Crippen molar-refractivity contribution in [2.24, 2.45) is 7.05 Å². The molecule has 0 amide bonds. The van der Waals surface area contributed by atoms with Gasteiger partial charge in [-0.1, -0.05) is 11.8 Å². The van der Waals surface area contributed by atoms with Gasteiger partial charge in [0.25, 0.3) is 0 Å². The van der Waals surface area contributed by atoms with Gasteiger partial charge in [-0.3, -0.25) is 4.98 Å². The second kappa shape index (κ2) is 7.81. The van der Waals surface area contributed by atoms with Gasteiger partial charge in [0.05, 0.1) is 12.4 Å². The Morgan fingerprint density at radius 2 is 1.71 bits per heavy atom. The van der Waals surface area contributed by atoms with Crippen LogP contribution < -0.4 is 4.74 Å². The van der Waals surface area contributed by atoms with Crippen LogP contribution in [0.25, 0.3) is 22.8 Å². The maximum absolute atomic E-state index is 5.86. The van der Waals surface area contributed by atoms with Crippen LogP contribution >= 0.6 is 11.8 Å². The van der Waals surface area contributed by atoms with Crippen molar-refractivity contribution in [3.05, 3.63) is 54.7 Å². The summed E-state index contributed by atoms with van der Waals surface area (Å²) >= 11 is 1.51. The Morgan fingerprint density at radius 3 is 2.43 bits per heavy atom. The topological polar surface area (TPSA) is 91.8 Å². The van der Waals surface area contributed by atoms with Crippen molar-refractivity contribution in [1.82, 2.24) is 29.9 Å². The summed E-state index contributed by atoms with van der Waals surface area (Å²) in [5.41, 5.74) is 1.81. The second-order valence-corrected chi connectivity index (χ2v) is 7.34. The van der Waals surface area contributed by atoms with Crippen molar-refractivity contribution >= 4 is 11.8 Å². The van der Waals surface area contributed by atoms with E-state index in [1.165, 1.54) is 11.8 Å². The summed E-state index contributed by atoms with van der Waals surface area (Å²) in [5.74, 6) is 2.56. The van der Waals surface area contributed by atoms with Gasteiger partial charge in [0.1, 0.15) is 5.75 Å². The largest absolute Gasteiger partial charge is 0.497 e. The smallest absolute Gasteiger partial charge is 0.247 e. The second-order valence-electron chi connectivity index (χ2n) is 6.04. The van der Waals surface area contributed by atoms with E-state index in [-0.39, 0.29) is 5.25 Å². The molecule has 0 spiro atoms. The lowest BCUT2D eigenvalue weighted by molar-refractivity contribution is 0.415. The molecule has 0 aliphatic rings. The zero-order valence-electron chi connectivity index (χ0n) is 15.6. The molecule has 0 saturated heterocycles. The number of ether oxygens (including phenoxy) is 1. The highest BCUT2D eigenvalue weighted by Gasteiger charge is 2.20. The Morgan fingerprint density at radius 1 is 0.964 bits per heavy atom. The van der Waals surface area contributed by atoms with Crippen LogP contribution in [-0.4, -0.2) is 37.1 Å². The van der Waals surface area contributed by atoms with Gasteiger partial charge in [-0.25, -0.2) is 0 Å². The van der Waals surface area contributed by atoms with E-state index < -0.39 is 0 Å². The summed E-state index contributed by atoms with van der Waals surface area (Å²) in [4.78, 5) is 4.04. The van der Waals surface area contributed by atoms with Crippen LogP contribution in [0.15, 0.2) is 58.4 Å². The number of pyridine rings is 1. The zero-order valence-corrected chi connectivity index (χ0v) is 16.4. The molecule has 28 heavy (non-hydrogen) atoms. The molecule has 4 aromatic rings. The summed E-state index contributed by atoms with van der Waals surface area (Å²) < 4.78 is 13.0. The predicted octanol–water partition coefficient (Wildman–Crippen LogP) is 3.79. The molecule has 0 N–H and O–H groups in total. The van der Waals surface area contributed by atoms with Crippen molar-refractivity contribution < 1.29 is 9.15 Å². The molecule has 0 unspecified atom stereocenters. The van der Waals surface area contributed by atoms with Gasteiger partial charge in [-0.15, -0.1) is 20.4 Å². The van der Waals surface area contributed by atoms with Crippen molar-refractivity contribution in [1.29, 1.82) is 0 Å². The Hall–Kier alpha value is -3.20. The lowest BCUT2D eigenvalue weighted by atomic mass is 10.2. The number of thioether (sulfide) groups is 1. The number of benzene rings is 1. The SMILES string of the molecule is COc1ccc(-c2nnc([C@@H](C)Sc3nnc(-c4ccncc4)n3C)o2)cc1. The van der Waals surface area contributed by atoms with Gasteiger partial charge in [0.2, 0.25) is 11.8 Å². The first-order valence-electron chi connectivity index (χ1n) is 8.60. The average molecular weight is 394 g/mol. The third-order valence-corrected chi connectivity index (χ3v) is 5.30. The van der Waals surface area contributed by atoms with Crippen LogP contribution in [0.3, 0.4) is 0 Å². The molecule has 9 heteroatoms. The molecular weight excluding hydrogens is 376 g/mol. The third kappa shape index (κ3) is 3.61. The van der Waals surface area contributed by atoms with Crippen LogP contribution in [0.4, 0.5) is 0 Å². The molecule has 0 radical (unpaired) electrons. The summed E-state index contributed by atoms with van der Waals surface area (Å²) in [6.45, 7) is 2.00. The van der Waals surface area contributed by atoms with Crippen LogP contribution in [0.2, 0.25) is 0 Å². The molecule has 3 heterocycles. The number of rotatable bonds is 6. The third-order valence-electron chi connectivity index (χ3n) is 4.18. The quantitative estimate of drug-likeness (QED) is 0.456. The van der Waals surface area contributed by atoms with E-state index in [9.17, 15) is 0 Å². The minimum Gasteiger partial charge on any atom is -0.497 e. The molecule has 0 fully saturated rings. The fourth-order valence-electron chi connectivity index (χ4n) is 2.63. The van der Waals surface area contributed by atoms with E-state index in [0.717, 1.165) is 27.9 Å². The zero-order chi connectivity index (χ0) is 19.5. The van der Waals surface area contributed by atoms with Crippen molar-refractivity contribution in [3.8, 4) is 28.6 Å². The normalized spacial score (nSPS) is 12.1. The fourth-order valence-corrected chi connectivity index (χ4v) is 3.47. The van der Waals surface area contributed by atoms with Crippen LogP contribution in [0, 0.1) is 0 Å². The molecule has 142 valence electrons. The molecule has 0 saturated carbocycles. The molecule has 4 rings (SSSR count). The van der Waals surface area contributed by atoms with E-state index >= 15 is 0 Å². The Bertz CT molecular complexity index is 1060. The molecule has 1 aromatic carbocycles. The highest BCUT2D eigenvalue weighted by Crippen LogP contribution is 2.35. The lowest BCUT2D eigenvalue weighted by Crippen LogP contribution is -1.97. The Labute approximate surface area is 166 Å². The molecular formula is C19H18N6O2S. The van der Waals surface area contributed by atoms with Gasteiger partial charge in [0, 0.05) is 30.6 Å². The van der Waals surface area contributed by atoms with Gasteiger partial charge in [-0.05, 0) is 43.3 Å². The van der Waals surface area contributed by atoms with Crippen molar-refractivity contribution in [2.75, 3.05) is 7.11 Å². The Kier molecular flexibility index (Phi) is 5.07. The Balaban J connectivity index is 1.51. The number of hydrogen-bond acceptors (Lipinski definition) is 8. The number of nitrogens with zero attached hydrogens (tertiary/aromatic N) is 6. The van der Waals surface area contributed by atoms with E-state index in [1.807, 2.05) is 54.9 Å². The van der Waals surface area contributed by atoms with Crippen LogP contribution in [0.1, 0.15) is 18.1 Å². The van der Waals surface area contributed by atoms with Gasteiger partial charge < -0.3 is 13.7 Å². The first-order chi connectivity index (χ1) is 13.7. The van der Waals surface area contributed by atoms with Gasteiger partial charge in [0.15, 0.2) is 11.0 Å². The molecule has 0 aliphatic heterocycles. The van der Waals surface area contributed by atoms with Crippen molar-refractivity contribution in [2.45, 2.75) is 17.3 Å². The predicted molar refractivity (Wildman–Crippen MR) is 105 cm³/mol. The van der Waals surface area contributed by atoms with E-state index in [0.29, 0.717) is 11.8 Å².